The van der Waals surface area contributed by atoms with E-state index in [9.17, 15) is 8.42 Å². The maximum absolute atomic E-state index is 12.4. The molecule has 0 spiro atoms. The number of hydrogen-bond donors (Lipinski definition) is 0. The fraction of sp³-hybridized carbons (Fsp3) is 0.818. The van der Waals surface area contributed by atoms with Gasteiger partial charge in [-0.1, -0.05) is 26.2 Å². The Balaban J connectivity index is 1.81. The predicted octanol–water partition coefficient (Wildman–Crippen LogP) is 4.92. The van der Waals surface area contributed by atoms with Gasteiger partial charge in [0.25, 0.3) is 0 Å². The molecule has 1 aliphatic rings. The topological polar surface area (TPSA) is 69.2 Å². The summed E-state index contributed by atoms with van der Waals surface area (Å²) in [5.74, 6) is 2.84. The Morgan fingerprint density at radius 1 is 1.11 bits per heavy atom. The van der Waals surface area contributed by atoms with E-state index in [0.717, 1.165) is 62.9 Å². The van der Waals surface area contributed by atoms with Gasteiger partial charge >= 0.3 is 0 Å². The zero-order valence-corrected chi connectivity index (χ0v) is 19.1. The number of hydrogen-bond acceptors (Lipinski definition) is 5. The first-order valence-electron chi connectivity index (χ1n) is 10.8. The van der Waals surface area contributed by atoms with E-state index >= 15 is 0 Å². The second-order valence-electron chi connectivity index (χ2n) is 9.29. The highest BCUT2D eigenvalue weighted by molar-refractivity contribution is 7.92. The second kappa shape index (κ2) is 10.0. The summed E-state index contributed by atoms with van der Waals surface area (Å²) >= 11 is 0. The van der Waals surface area contributed by atoms with E-state index in [1.54, 1.807) is 20.8 Å². The van der Waals surface area contributed by atoms with Gasteiger partial charge in [0.15, 0.2) is 9.84 Å². The van der Waals surface area contributed by atoms with Gasteiger partial charge in [0.2, 0.25) is 5.88 Å². The molecule has 1 aliphatic carbocycles. The average molecular weight is 411 g/mol. The summed E-state index contributed by atoms with van der Waals surface area (Å²) in [5, 5.41) is 0. The van der Waals surface area contributed by atoms with Crippen LogP contribution in [0.3, 0.4) is 0 Å². The third kappa shape index (κ3) is 7.02. The quantitative estimate of drug-likeness (QED) is 0.541. The number of sulfone groups is 1. The smallest absolute Gasteiger partial charge is 0.216 e. The van der Waals surface area contributed by atoms with E-state index in [1.165, 1.54) is 0 Å². The summed E-state index contributed by atoms with van der Waals surface area (Å²) in [6, 6.07) is 1.90. The summed E-state index contributed by atoms with van der Waals surface area (Å²) < 4.78 is 30.0. The van der Waals surface area contributed by atoms with Gasteiger partial charge in [-0.3, -0.25) is 0 Å². The number of rotatable bonds is 9. The van der Waals surface area contributed by atoms with E-state index in [2.05, 4.69) is 16.9 Å². The molecule has 28 heavy (non-hydrogen) atoms. The van der Waals surface area contributed by atoms with E-state index in [0.29, 0.717) is 30.1 Å². The third-order valence-corrected chi connectivity index (χ3v) is 8.53. The van der Waals surface area contributed by atoms with Crippen molar-refractivity contribution in [3.63, 3.8) is 0 Å². The lowest BCUT2D eigenvalue weighted by molar-refractivity contribution is 0.275. The van der Waals surface area contributed by atoms with Crippen LogP contribution in [0.2, 0.25) is 0 Å². The zero-order chi connectivity index (χ0) is 20.8. The van der Waals surface area contributed by atoms with Gasteiger partial charge in [-0.05, 0) is 65.2 Å². The first kappa shape index (κ1) is 23.1. The van der Waals surface area contributed by atoms with Gasteiger partial charge in [-0.2, -0.15) is 4.98 Å². The van der Waals surface area contributed by atoms with Crippen molar-refractivity contribution in [3.8, 4) is 5.88 Å². The van der Waals surface area contributed by atoms with E-state index in [1.807, 2.05) is 13.0 Å². The van der Waals surface area contributed by atoms with Crippen LogP contribution in [0.4, 0.5) is 0 Å². The summed E-state index contributed by atoms with van der Waals surface area (Å²) in [6.07, 6.45) is 8.31. The van der Waals surface area contributed by atoms with Gasteiger partial charge in [0.1, 0.15) is 5.82 Å². The molecule has 0 atom stereocenters. The molecule has 6 heteroatoms. The van der Waals surface area contributed by atoms with Gasteiger partial charge in [-0.15, -0.1) is 0 Å². The minimum Gasteiger partial charge on any atom is -0.478 e. The van der Waals surface area contributed by atoms with E-state index in [-0.39, 0.29) is 0 Å². The Bertz CT molecular complexity index is 718. The number of aryl methyl sites for hydroxylation is 2. The van der Waals surface area contributed by atoms with Crippen molar-refractivity contribution in [3.05, 3.63) is 17.6 Å². The fourth-order valence-electron chi connectivity index (χ4n) is 3.69. The van der Waals surface area contributed by atoms with Crippen LogP contribution in [-0.2, 0) is 16.3 Å². The highest BCUT2D eigenvalue weighted by Gasteiger charge is 2.33. The van der Waals surface area contributed by atoms with Crippen LogP contribution in [0.25, 0.3) is 0 Å². The van der Waals surface area contributed by atoms with Crippen LogP contribution in [0.15, 0.2) is 6.07 Å². The van der Waals surface area contributed by atoms with Crippen LogP contribution in [0.5, 0.6) is 5.88 Å². The molecule has 1 saturated carbocycles. The first-order chi connectivity index (χ1) is 13.1. The molecule has 1 fully saturated rings. The van der Waals surface area contributed by atoms with Crippen molar-refractivity contribution in [2.75, 3.05) is 12.4 Å². The molecular weight excluding hydrogens is 372 g/mol. The second-order valence-corrected chi connectivity index (χ2v) is 12.1. The molecule has 1 aromatic rings. The summed E-state index contributed by atoms with van der Waals surface area (Å²) in [4.78, 5) is 9.13. The van der Waals surface area contributed by atoms with E-state index < -0.39 is 14.6 Å². The third-order valence-electron chi connectivity index (χ3n) is 5.76. The predicted molar refractivity (Wildman–Crippen MR) is 114 cm³/mol. The van der Waals surface area contributed by atoms with Crippen molar-refractivity contribution in [2.45, 2.75) is 90.7 Å². The molecule has 160 valence electrons. The SMILES string of the molecule is CCCCOc1cc(C)nc(CCC2CCC(CS(=O)(=O)C(C)(C)C)CC2)n1. The molecule has 0 unspecified atom stereocenters. The average Bonchev–Trinajstić information content (AvgIpc) is 2.60. The van der Waals surface area contributed by atoms with Gasteiger partial charge in [-0.25, -0.2) is 13.4 Å². The first-order valence-corrected chi connectivity index (χ1v) is 12.5. The van der Waals surface area contributed by atoms with Crippen molar-refractivity contribution >= 4 is 9.84 Å². The Hall–Kier alpha value is -1.17. The number of nitrogens with zero attached hydrogens (tertiary/aromatic N) is 2. The van der Waals surface area contributed by atoms with Crippen LogP contribution in [0.1, 0.15) is 84.2 Å². The molecule has 0 bridgehead atoms. The van der Waals surface area contributed by atoms with Crippen molar-refractivity contribution in [1.29, 1.82) is 0 Å². The lowest BCUT2D eigenvalue weighted by Crippen LogP contribution is -2.34. The van der Waals surface area contributed by atoms with Crippen LogP contribution in [-0.4, -0.2) is 35.5 Å². The molecule has 0 radical (unpaired) electrons. The Morgan fingerprint density at radius 2 is 1.75 bits per heavy atom. The summed E-state index contributed by atoms with van der Waals surface area (Å²) in [6.45, 7) is 10.2. The lowest BCUT2D eigenvalue weighted by Gasteiger charge is -2.30. The molecule has 0 N–H and O–H groups in total. The fourth-order valence-corrected chi connectivity index (χ4v) is 5.14. The molecule has 1 aromatic heterocycles. The maximum atomic E-state index is 12.4. The van der Waals surface area contributed by atoms with Crippen molar-refractivity contribution < 1.29 is 13.2 Å². The number of ether oxygens (including phenoxy) is 1. The van der Waals surface area contributed by atoms with Gasteiger partial charge < -0.3 is 4.74 Å². The highest BCUT2D eigenvalue weighted by atomic mass is 32.2. The number of aromatic nitrogens is 2. The Kier molecular flexibility index (Phi) is 8.29. The molecule has 2 rings (SSSR count). The zero-order valence-electron chi connectivity index (χ0n) is 18.3. The molecule has 0 aliphatic heterocycles. The molecule has 5 nitrogen and oxygen atoms in total. The molecular formula is C22H38N2O3S. The normalized spacial score (nSPS) is 20.9. The van der Waals surface area contributed by atoms with Crippen molar-refractivity contribution in [1.82, 2.24) is 9.97 Å². The molecule has 1 heterocycles. The maximum Gasteiger partial charge on any atom is 0.216 e. The molecule has 0 aromatic carbocycles. The monoisotopic (exact) mass is 410 g/mol. The minimum absolute atomic E-state index is 0.314. The minimum atomic E-state index is -3.02. The molecule has 0 saturated heterocycles. The van der Waals surface area contributed by atoms with E-state index in [4.69, 9.17) is 4.74 Å². The van der Waals surface area contributed by atoms with Crippen molar-refractivity contribution in [2.24, 2.45) is 11.8 Å². The van der Waals surface area contributed by atoms with Crippen LogP contribution >= 0.6 is 0 Å². The number of unbranched alkanes of at least 4 members (excludes halogenated alkanes) is 1. The molecule has 0 amide bonds. The summed E-state index contributed by atoms with van der Waals surface area (Å²) in [5.41, 5.74) is 0.951. The van der Waals surface area contributed by atoms with Gasteiger partial charge in [0, 0.05) is 18.2 Å². The summed E-state index contributed by atoms with van der Waals surface area (Å²) in [7, 11) is -3.02. The van der Waals surface area contributed by atoms with Crippen LogP contribution in [0, 0.1) is 18.8 Å². The highest BCUT2D eigenvalue weighted by Crippen LogP contribution is 2.34. The Morgan fingerprint density at radius 3 is 2.36 bits per heavy atom. The van der Waals surface area contributed by atoms with Gasteiger partial charge in [0.05, 0.1) is 17.1 Å². The lowest BCUT2D eigenvalue weighted by atomic mass is 9.81. The largest absolute Gasteiger partial charge is 0.478 e. The van der Waals surface area contributed by atoms with Crippen LogP contribution < -0.4 is 4.74 Å². The standard InChI is InChI=1S/C22H38N2O3S/c1-6-7-14-27-21-15-17(2)23-20(24-21)13-12-18-8-10-19(11-9-18)16-28(25,26)22(3,4)5/h15,18-19H,6-14,16H2,1-5H3. The Labute approximate surface area is 171 Å².